The van der Waals surface area contributed by atoms with Gasteiger partial charge in [0.1, 0.15) is 0 Å². The molecule has 0 spiro atoms. The highest BCUT2D eigenvalue weighted by Crippen LogP contribution is 2.35. The van der Waals surface area contributed by atoms with E-state index in [1.165, 1.54) is 6.07 Å². The van der Waals surface area contributed by atoms with Gasteiger partial charge < -0.3 is 21.3 Å². The molecular weight excluding hydrogens is 361 g/mol. The topological polar surface area (TPSA) is 53.3 Å². The Bertz CT molecular complexity index is 784. The Morgan fingerprint density at radius 1 is 0.962 bits per heavy atom. The van der Waals surface area contributed by atoms with Crippen LogP contribution in [0, 0.1) is 0 Å². The van der Waals surface area contributed by atoms with Crippen LogP contribution in [-0.2, 0) is 6.18 Å². The van der Waals surface area contributed by atoms with Gasteiger partial charge in [0.25, 0.3) is 0 Å². The summed E-state index contributed by atoms with van der Waals surface area (Å²) >= 11 is 5.22. The number of nitrogen functional groups attached to an aromatic ring is 1. The number of nitrogens with two attached hydrogens (primary N) is 1. The molecule has 0 aromatic heterocycles. The largest absolute Gasteiger partial charge is 0.416 e. The van der Waals surface area contributed by atoms with E-state index in [1.807, 2.05) is 4.90 Å². The highest BCUT2D eigenvalue weighted by Gasteiger charge is 2.32. The van der Waals surface area contributed by atoms with Crippen LogP contribution in [-0.4, -0.2) is 18.2 Å². The molecule has 2 aromatic carbocycles. The van der Waals surface area contributed by atoms with Crippen molar-refractivity contribution in [3.63, 3.8) is 0 Å². The highest BCUT2D eigenvalue weighted by atomic mass is 32.1. The molecule has 2 aromatic rings. The number of benzene rings is 2. The third kappa shape index (κ3) is 4.57. The Kier molecular flexibility index (Phi) is 5.22. The van der Waals surface area contributed by atoms with Gasteiger partial charge in [0.15, 0.2) is 5.11 Å². The zero-order valence-corrected chi connectivity index (χ0v) is 14.8. The fourth-order valence-electron chi connectivity index (χ4n) is 2.86. The molecule has 1 aliphatic heterocycles. The Balaban J connectivity index is 1.80. The maximum atomic E-state index is 13.3. The molecule has 0 bridgehead atoms. The van der Waals surface area contributed by atoms with Gasteiger partial charge in [-0.05, 0) is 67.5 Å². The van der Waals surface area contributed by atoms with E-state index in [-0.39, 0.29) is 5.11 Å². The standard InChI is InChI=1S/C18H19F3N4S/c19-18(20,21)12-9-15(11-16(10-12)25-7-1-2-8-25)24-17(26)23-14-5-3-13(22)4-6-14/h3-6,9-11H,1-2,7-8,22H2,(H2,23,24,26). The monoisotopic (exact) mass is 380 g/mol. The predicted molar refractivity (Wildman–Crippen MR) is 104 cm³/mol. The van der Waals surface area contributed by atoms with Crippen LogP contribution >= 0.6 is 12.2 Å². The lowest BCUT2D eigenvalue weighted by atomic mass is 10.1. The Labute approximate surface area is 155 Å². The molecule has 0 atom stereocenters. The molecule has 4 nitrogen and oxygen atoms in total. The molecule has 0 amide bonds. The number of nitrogens with one attached hydrogen (secondary N) is 2. The summed E-state index contributed by atoms with van der Waals surface area (Å²) < 4.78 is 39.8. The number of thiocarbonyl (C=S) groups is 1. The molecule has 138 valence electrons. The molecule has 0 radical (unpaired) electrons. The number of anilines is 4. The Morgan fingerprint density at radius 2 is 1.58 bits per heavy atom. The van der Waals surface area contributed by atoms with Crippen LogP contribution in [0.5, 0.6) is 0 Å². The van der Waals surface area contributed by atoms with Crippen molar-refractivity contribution < 1.29 is 13.2 Å². The van der Waals surface area contributed by atoms with Gasteiger partial charge in [-0.2, -0.15) is 13.2 Å². The van der Waals surface area contributed by atoms with E-state index in [4.69, 9.17) is 18.0 Å². The second kappa shape index (κ2) is 7.41. The number of rotatable bonds is 3. The van der Waals surface area contributed by atoms with Crippen molar-refractivity contribution in [2.75, 3.05) is 34.4 Å². The summed E-state index contributed by atoms with van der Waals surface area (Å²) in [5, 5.41) is 5.99. The second-order valence-electron chi connectivity index (χ2n) is 6.16. The average molecular weight is 380 g/mol. The lowest BCUT2D eigenvalue weighted by molar-refractivity contribution is -0.137. The lowest BCUT2D eigenvalue weighted by Crippen LogP contribution is -2.22. The maximum absolute atomic E-state index is 13.3. The van der Waals surface area contributed by atoms with Gasteiger partial charge in [0.05, 0.1) is 5.56 Å². The van der Waals surface area contributed by atoms with E-state index in [2.05, 4.69) is 10.6 Å². The van der Waals surface area contributed by atoms with Crippen molar-refractivity contribution >= 4 is 40.1 Å². The Hall–Kier alpha value is -2.48. The van der Waals surface area contributed by atoms with Crippen molar-refractivity contribution in [2.24, 2.45) is 0 Å². The van der Waals surface area contributed by atoms with Gasteiger partial charge >= 0.3 is 6.18 Å². The van der Waals surface area contributed by atoms with E-state index in [0.29, 0.717) is 22.7 Å². The summed E-state index contributed by atoms with van der Waals surface area (Å²) in [6.45, 7) is 1.52. The van der Waals surface area contributed by atoms with Gasteiger partial charge in [-0.15, -0.1) is 0 Å². The summed E-state index contributed by atoms with van der Waals surface area (Å²) in [6.07, 6.45) is -2.45. The molecule has 1 saturated heterocycles. The third-order valence-electron chi connectivity index (χ3n) is 4.14. The van der Waals surface area contributed by atoms with Gasteiger partial charge in [-0.3, -0.25) is 0 Å². The second-order valence-corrected chi connectivity index (χ2v) is 6.57. The molecule has 4 N–H and O–H groups in total. The number of alkyl halides is 3. The first kappa shape index (κ1) is 18.3. The summed E-state index contributed by atoms with van der Waals surface area (Å²) in [4.78, 5) is 1.96. The molecule has 1 heterocycles. The zero-order chi connectivity index (χ0) is 18.7. The van der Waals surface area contributed by atoms with Crippen molar-refractivity contribution in [1.82, 2.24) is 0 Å². The Morgan fingerprint density at radius 3 is 2.19 bits per heavy atom. The van der Waals surface area contributed by atoms with Crippen LogP contribution in [0.4, 0.5) is 35.9 Å². The maximum Gasteiger partial charge on any atom is 0.416 e. The highest BCUT2D eigenvalue weighted by molar-refractivity contribution is 7.80. The van der Waals surface area contributed by atoms with Crippen LogP contribution in [0.1, 0.15) is 18.4 Å². The molecule has 3 rings (SSSR count). The van der Waals surface area contributed by atoms with Crippen LogP contribution in [0.25, 0.3) is 0 Å². The molecule has 0 unspecified atom stereocenters. The van der Waals surface area contributed by atoms with E-state index in [9.17, 15) is 13.2 Å². The average Bonchev–Trinajstić information content (AvgIpc) is 3.10. The van der Waals surface area contributed by atoms with Gasteiger partial charge in [0.2, 0.25) is 0 Å². The van der Waals surface area contributed by atoms with Crippen LogP contribution in [0.2, 0.25) is 0 Å². The van der Waals surface area contributed by atoms with Gasteiger partial charge in [0, 0.05) is 35.8 Å². The van der Waals surface area contributed by atoms with Crippen LogP contribution in [0.3, 0.4) is 0 Å². The molecule has 1 aliphatic rings. The number of halogens is 3. The normalized spacial score (nSPS) is 14.3. The minimum absolute atomic E-state index is 0.210. The zero-order valence-electron chi connectivity index (χ0n) is 13.9. The van der Waals surface area contributed by atoms with E-state index >= 15 is 0 Å². The summed E-state index contributed by atoms with van der Waals surface area (Å²) in [5.74, 6) is 0. The molecular formula is C18H19F3N4S. The summed E-state index contributed by atoms with van der Waals surface area (Å²) in [7, 11) is 0. The van der Waals surface area contributed by atoms with Crippen molar-refractivity contribution in [3.8, 4) is 0 Å². The van der Waals surface area contributed by atoms with Crippen molar-refractivity contribution in [2.45, 2.75) is 19.0 Å². The molecule has 1 fully saturated rings. The molecule has 0 aliphatic carbocycles. The number of hydrogen-bond donors (Lipinski definition) is 3. The predicted octanol–water partition coefficient (Wildman–Crippen LogP) is 4.70. The summed E-state index contributed by atoms with van der Waals surface area (Å²) in [6, 6.07) is 10.8. The van der Waals surface area contributed by atoms with E-state index in [1.54, 1.807) is 30.3 Å². The molecule has 8 heteroatoms. The SMILES string of the molecule is Nc1ccc(NC(=S)Nc2cc(N3CCCC3)cc(C(F)(F)F)c2)cc1. The van der Waals surface area contributed by atoms with Gasteiger partial charge in [-0.25, -0.2) is 0 Å². The minimum atomic E-state index is -4.42. The van der Waals surface area contributed by atoms with Crippen LogP contribution in [0.15, 0.2) is 42.5 Å². The van der Waals surface area contributed by atoms with Crippen molar-refractivity contribution in [1.29, 1.82) is 0 Å². The first-order valence-electron chi connectivity index (χ1n) is 8.22. The van der Waals surface area contributed by atoms with E-state index < -0.39 is 11.7 Å². The van der Waals surface area contributed by atoms with E-state index in [0.717, 1.165) is 32.0 Å². The number of hydrogen-bond acceptors (Lipinski definition) is 3. The summed E-state index contributed by atoms with van der Waals surface area (Å²) in [5.41, 5.74) is 7.10. The van der Waals surface area contributed by atoms with Gasteiger partial charge in [-0.1, -0.05) is 0 Å². The first-order valence-corrected chi connectivity index (χ1v) is 8.63. The smallest absolute Gasteiger partial charge is 0.399 e. The molecule has 26 heavy (non-hydrogen) atoms. The number of nitrogens with zero attached hydrogens (tertiary/aromatic N) is 1. The fraction of sp³-hybridized carbons (Fsp3) is 0.278. The quantitative estimate of drug-likeness (QED) is 0.532. The fourth-order valence-corrected chi connectivity index (χ4v) is 3.10. The first-order chi connectivity index (χ1) is 12.3. The third-order valence-corrected chi connectivity index (χ3v) is 4.35. The van der Waals surface area contributed by atoms with Crippen LogP contribution < -0.4 is 21.3 Å². The van der Waals surface area contributed by atoms with Crippen molar-refractivity contribution in [3.05, 3.63) is 48.0 Å². The lowest BCUT2D eigenvalue weighted by Gasteiger charge is -2.21. The molecule has 0 saturated carbocycles. The minimum Gasteiger partial charge on any atom is -0.399 e.